The molecule has 4 aromatic rings. The Labute approximate surface area is 201 Å². The molecular formula is C26H27N3O4S. The van der Waals surface area contributed by atoms with E-state index < -0.39 is 6.10 Å². The van der Waals surface area contributed by atoms with Gasteiger partial charge in [0.15, 0.2) is 0 Å². The first-order valence-corrected chi connectivity index (χ1v) is 12.6. The van der Waals surface area contributed by atoms with Crippen LogP contribution in [0, 0.1) is 0 Å². The summed E-state index contributed by atoms with van der Waals surface area (Å²) in [5.74, 6) is 1.35. The van der Waals surface area contributed by atoms with Gasteiger partial charge in [-0.1, -0.05) is 0 Å². The van der Waals surface area contributed by atoms with Gasteiger partial charge in [-0.2, -0.15) is 0 Å². The molecule has 5 heterocycles. The van der Waals surface area contributed by atoms with Gasteiger partial charge in [0.2, 0.25) is 0 Å². The summed E-state index contributed by atoms with van der Waals surface area (Å²) < 4.78 is 13.7. The number of ether oxygens (including phenoxy) is 1. The highest BCUT2D eigenvalue weighted by Crippen LogP contribution is 2.36. The maximum Gasteiger partial charge on any atom is 0.275 e. The molecule has 2 aliphatic heterocycles. The Balaban J connectivity index is 1.19. The van der Waals surface area contributed by atoms with E-state index in [1.54, 1.807) is 23.0 Å². The third-order valence-corrected chi connectivity index (χ3v) is 8.36. The number of furan rings is 1. The van der Waals surface area contributed by atoms with E-state index in [2.05, 4.69) is 16.9 Å². The van der Waals surface area contributed by atoms with Crippen molar-refractivity contribution < 1.29 is 14.3 Å². The molecule has 8 heteroatoms. The first-order valence-electron chi connectivity index (χ1n) is 11.8. The number of hydrogen-bond acceptors (Lipinski definition) is 7. The number of hydrogen-bond donors (Lipinski definition) is 1. The Hall–Kier alpha value is -2.94. The Morgan fingerprint density at radius 1 is 1.21 bits per heavy atom. The van der Waals surface area contributed by atoms with E-state index in [0.29, 0.717) is 34.5 Å². The normalized spacial score (nSPS) is 23.4. The molecule has 3 aromatic heterocycles. The lowest BCUT2D eigenvalue weighted by Crippen LogP contribution is -2.43. The minimum Gasteiger partial charge on any atom is -0.490 e. The number of fused-ring (bicyclic) bond motifs is 3. The fourth-order valence-electron chi connectivity index (χ4n) is 5.35. The number of aromatic nitrogens is 2. The quantitative estimate of drug-likeness (QED) is 0.446. The highest BCUT2D eigenvalue weighted by Gasteiger charge is 2.39. The molecule has 1 unspecified atom stereocenters. The Kier molecular flexibility index (Phi) is 5.51. The van der Waals surface area contributed by atoms with Gasteiger partial charge in [-0.25, -0.2) is 4.98 Å². The van der Waals surface area contributed by atoms with Crippen LogP contribution in [0.25, 0.3) is 15.9 Å². The summed E-state index contributed by atoms with van der Waals surface area (Å²) in [6.45, 7) is 0. The molecule has 176 valence electrons. The van der Waals surface area contributed by atoms with Crippen LogP contribution in [0.3, 0.4) is 0 Å². The summed E-state index contributed by atoms with van der Waals surface area (Å²) in [5.41, 5.74) is 1.28. The molecule has 0 aliphatic carbocycles. The molecule has 6 rings (SSSR count). The lowest BCUT2D eigenvalue weighted by atomic mass is 10.0. The van der Waals surface area contributed by atoms with Crippen molar-refractivity contribution in [3.63, 3.8) is 0 Å². The molecule has 0 radical (unpaired) electrons. The fourth-order valence-corrected chi connectivity index (χ4v) is 6.43. The predicted molar refractivity (Wildman–Crippen MR) is 131 cm³/mol. The topological polar surface area (TPSA) is 80.7 Å². The SMILES string of the molecule is CN1[C@@H]2CC[C@H]1C[C@H](Oc1ccc(-n3cnc4cc(CC(O)c5ccco5)sc4c3=O)cc1)C2. The molecule has 2 aliphatic rings. The van der Waals surface area contributed by atoms with Crippen LogP contribution >= 0.6 is 11.3 Å². The molecule has 0 amide bonds. The first kappa shape index (κ1) is 21.6. The van der Waals surface area contributed by atoms with Gasteiger partial charge in [-0.3, -0.25) is 9.36 Å². The van der Waals surface area contributed by atoms with Crippen LogP contribution in [0.1, 0.15) is 42.4 Å². The number of aliphatic hydroxyl groups is 1. The fraction of sp³-hybridized carbons (Fsp3) is 0.385. The summed E-state index contributed by atoms with van der Waals surface area (Å²) >= 11 is 1.37. The Morgan fingerprint density at radius 2 is 1.97 bits per heavy atom. The lowest BCUT2D eigenvalue weighted by molar-refractivity contribution is 0.0662. The largest absolute Gasteiger partial charge is 0.490 e. The van der Waals surface area contributed by atoms with Gasteiger partial charge >= 0.3 is 0 Å². The zero-order valence-electron chi connectivity index (χ0n) is 19.0. The minimum atomic E-state index is -0.752. The zero-order chi connectivity index (χ0) is 23.2. The third-order valence-electron chi connectivity index (χ3n) is 7.23. The van der Waals surface area contributed by atoms with E-state index >= 15 is 0 Å². The molecule has 0 saturated carbocycles. The number of nitrogens with zero attached hydrogens (tertiary/aromatic N) is 3. The summed E-state index contributed by atoms with van der Waals surface area (Å²) in [5, 5.41) is 10.4. The summed E-state index contributed by atoms with van der Waals surface area (Å²) in [4.78, 5) is 21.1. The van der Waals surface area contributed by atoms with E-state index in [1.165, 1.54) is 30.4 Å². The number of rotatable bonds is 6. The van der Waals surface area contributed by atoms with Gasteiger partial charge in [-0.05, 0) is 75.2 Å². The monoisotopic (exact) mass is 477 g/mol. The summed E-state index contributed by atoms with van der Waals surface area (Å²) in [7, 11) is 2.23. The van der Waals surface area contributed by atoms with Gasteiger partial charge in [0, 0.05) is 23.4 Å². The van der Waals surface area contributed by atoms with Crippen molar-refractivity contribution in [2.75, 3.05) is 7.05 Å². The van der Waals surface area contributed by atoms with Gasteiger partial charge in [0.05, 0.1) is 17.5 Å². The van der Waals surface area contributed by atoms with Crippen molar-refractivity contribution in [3.05, 3.63) is 76.0 Å². The Morgan fingerprint density at radius 3 is 2.68 bits per heavy atom. The lowest BCUT2D eigenvalue weighted by Gasteiger charge is -2.36. The summed E-state index contributed by atoms with van der Waals surface area (Å²) in [6, 6.07) is 14.3. The van der Waals surface area contributed by atoms with Crippen LogP contribution < -0.4 is 10.3 Å². The molecule has 0 spiro atoms. The highest BCUT2D eigenvalue weighted by atomic mass is 32.1. The number of aliphatic hydroxyl groups excluding tert-OH is 1. The number of thiophene rings is 1. The molecule has 7 nitrogen and oxygen atoms in total. The van der Waals surface area contributed by atoms with E-state index in [1.807, 2.05) is 30.3 Å². The minimum absolute atomic E-state index is 0.116. The van der Waals surface area contributed by atoms with Crippen LogP contribution in [0.5, 0.6) is 5.75 Å². The second kappa shape index (κ2) is 8.69. The van der Waals surface area contributed by atoms with Crippen molar-refractivity contribution in [1.82, 2.24) is 14.5 Å². The molecule has 2 bridgehead atoms. The predicted octanol–water partition coefficient (Wildman–Crippen LogP) is 4.32. The van der Waals surface area contributed by atoms with E-state index in [0.717, 1.165) is 29.2 Å². The number of benzene rings is 1. The van der Waals surface area contributed by atoms with Crippen molar-refractivity contribution in [1.29, 1.82) is 0 Å². The summed E-state index contributed by atoms with van der Waals surface area (Å²) in [6.07, 6.45) is 7.66. The Bertz CT molecular complexity index is 1330. The second-order valence-corrected chi connectivity index (χ2v) is 10.5. The van der Waals surface area contributed by atoms with Crippen molar-refractivity contribution >= 4 is 21.6 Å². The van der Waals surface area contributed by atoms with Crippen LogP contribution in [0.15, 0.2) is 64.3 Å². The van der Waals surface area contributed by atoms with E-state index in [-0.39, 0.29) is 11.7 Å². The van der Waals surface area contributed by atoms with Crippen LogP contribution in [0.4, 0.5) is 0 Å². The smallest absolute Gasteiger partial charge is 0.275 e. The third kappa shape index (κ3) is 3.96. The van der Waals surface area contributed by atoms with Gasteiger partial charge in [-0.15, -0.1) is 11.3 Å². The highest BCUT2D eigenvalue weighted by molar-refractivity contribution is 7.18. The van der Waals surface area contributed by atoms with E-state index in [4.69, 9.17) is 9.15 Å². The molecule has 2 saturated heterocycles. The van der Waals surface area contributed by atoms with Crippen molar-refractivity contribution in [2.45, 2.75) is 56.4 Å². The maximum atomic E-state index is 13.2. The number of piperidine rings is 1. The van der Waals surface area contributed by atoms with Crippen LogP contribution in [-0.4, -0.2) is 44.8 Å². The molecule has 1 N–H and O–H groups in total. The second-order valence-electron chi connectivity index (χ2n) is 9.34. The standard InChI is InChI=1S/C26H27N3O4S/c1-28-17-4-5-18(28)12-20(11-17)33-19-8-6-16(7-9-19)29-15-27-22-13-21(34-25(22)26(29)31)14-23(30)24-3-2-10-32-24/h2-3,6-10,13,15,17-18,20,23,30H,4-5,11-12,14H2,1H3/t17-,18+,20-,23?. The molecule has 1 aromatic carbocycles. The van der Waals surface area contributed by atoms with Crippen molar-refractivity contribution in [3.8, 4) is 11.4 Å². The molecule has 2 fully saturated rings. The van der Waals surface area contributed by atoms with E-state index in [9.17, 15) is 9.90 Å². The van der Waals surface area contributed by atoms with Gasteiger partial charge in [0.1, 0.15) is 34.7 Å². The van der Waals surface area contributed by atoms with Gasteiger partial charge in [0.25, 0.3) is 5.56 Å². The molecule has 4 atom stereocenters. The zero-order valence-corrected chi connectivity index (χ0v) is 19.8. The van der Waals surface area contributed by atoms with Crippen LogP contribution in [0.2, 0.25) is 0 Å². The van der Waals surface area contributed by atoms with Crippen molar-refractivity contribution in [2.24, 2.45) is 0 Å². The molecular weight excluding hydrogens is 450 g/mol. The average Bonchev–Trinajstić information content (AvgIpc) is 3.54. The maximum absolute atomic E-state index is 13.2. The average molecular weight is 478 g/mol. The van der Waals surface area contributed by atoms with Crippen LogP contribution in [-0.2, 0) is 6.42 Å². The molecule has 34 heavy (non-hydrogen) atoms. The first-order chi connectivity index (χ1) is 16.5. The van der Waals surface area contributed by atoms with Gasteiger partial charge < -0.3 is 19.2 Å².